The summed E-state index contributed by atoms with van der Waals surface area (Å²) >= 11 is 0. The standard InChI is InChI=1S/C13H12N4O2/c18-13(19)4-10-5-15-12-2-1-9(3-11(10)12)6-17-8-14-7-16-17/h1-3,5,7-8,15H,4,6H2,(H,18,19). The summed E-state index contributed by atoms with van der Waals surface area (Å²) in [6.45, 7) is 0.619. The smallest absolute Gasteiger partial charge is 0.307 e. The molecule has 0 amide bonds. The van der Waals surface area contributed by atoms with Crippen LogP contribution in [0.15, 0.2) is 37.1 Å². The van der Waals surface area contributed by atoms with Crippen LogP contribution < -0.4 is 0 Å². The van der Waals surface area contributed by atoms with E-state index >= 15 is 0 Å². The molecule has 2 aromatic heterocycles. The van der Waals surface area contributed by atoms with Crippen molar-refractivity contribution >= 4 is 16.9 Å². The Morgan fingerprint density at radius 2 is 2.32 bits per heavy atom. The number of carboxylic acid groups (broad SMARTS) is 1. The maximum atomic E-state index is 10.8. The third kappa shape index (κ3) is 2.33. The molecule has 0 radical (unpaired) electrons. The van der Waals surface area contributed by atoms with Crippen molar-refractivity contribution in [3.05, 3.63) is 48.2 Å². The molecule has 0 aliphatic heterocycles. The van der Waals surface area contributed by atoms with Crippen molar-refractivity contribution in [3.63, 3.8) is 0 Å². The Balaban J connectivity index is 1.96. The van der Waals surface area contributed by atoms with Crippen molar-refractivity contribution in [1.29, 1.82) is 0 Å². The molecule has 0 atom stereocenters. The van der Waals surface area contributed by atoms with E-state index in [4.69, 9.17) is 5.11 Å². The number of benzene rings is 1. The van der Waals surface area contributed by atoms with E-state index in [0.29, 0.717) is 6.54 Å². The molecule has 0 fully saturated rings. The van der Waals surface area contributed by atoms with Gasteiger partial charge in [0, 0.05) is 17.1 Å². The SMILES string of the molecule is O=C(O)Cc1c[nH]c2ccc(Cn3cncn3)cc12. The maximum Gasteiger partial charge on any atom is 0.307 e. The van der Waals surface area contributed by atoms with Crippen LogP contribution in [-0.4, -0.2) is 30.8 Å². The summed E-state index contributed by atoms with van der Waals surface area (Å²) in [7, 11) is 0. The number of aromatic nitrogens is 4. The van der Waals surface area contributed by atoms with E-state index in [1.807, 2.05) is 18.2 Å². The van der Waals surface area contributed by atoms with Crippen molar-refractivity contribution in [2.45, 2.75) is 13.0 Å². The van der Waals surface area contributed by atoms with E-state index in [2.05, 4.69) is 15.1 Å². The van der Waals surface area contributed by atoms with Crippen LogP contribution in [0.5, 0.6) is 0 Å². The van der Waals surface area contributed by atoms with E-state index in [1.54, 1.807) is 17.2 Å². The predicted octanol–water partition coefficient (Wildman–Crippen LogP) is 1.43. The monoisotopic (exact) mass is 256 g/mol. The molecule has 0 saturated heterocycles. The molecule has 0 unspecified atom stereocenters. The molecule has 2 N–H and O–H groups in total. The van der Waals surface area contributed by atoms with Crippen LogP contribution in [0.1, 0.15) is 11.1 Å². The average molecular weight is 256 g/mol. The zero-order valence-electron chi connectivity index (χ0n) is 10.1. The first kappa shape index (κ1) is 11.5. The molecule has 0 aliphatic carbocycles. The Hall–Kier alpha value is -2.63. The molecule has 0 bridgehead atoms. The van der Waals surface area contributed by atoms with Crippen molar-refractivity contribution in [2.75, 3.05) is 0 Å². The molecule has 3 rings (SSSR count). The van der Waals surface area contributed by atoms with Crippen LogP contribution in [0.2, 0.25) is 0 Å². The van der Waals surface area contributed by atoms with E-state index in [9.17, 15) is 4.79 Å². The Morgan fingerprint density at radius 1 is 1.42 bits per heavy atom. The Bertz CT molecular complexity index is 715. The lowest BCUT2D eigenvalue weighted by molar-refractivity contribution is -0.136. The van der Waals surface area contributed by atoms with Crippen LogP contribution in [0.3, 0.4) is 0 Å². The van der Waals surface area contributed by atoms with E-state index < -0.39 is 5.97 Å². The molecule has 6 nitrogen and oxygen atoms in total. The van der Waals surface area contributed by atoms with Crippen molar-refractivity contribution in [3.8, 4) is 0 Å². The van der Waals surface area contributed by atoms with Gasteiger partial charge in [0.25, 0.3) is 0 Å². The molecular formula is C13H12N4O2. The molecule has 1 aromatic carbocycles. The normalized spacial score (nSPS) is 10.9. The average Bonchev–Trinajstić information content (AvgIpc) is 3.00. The first-order valence-corrected chi connectivity index (χ1v) is 5.85. The van der Waals surface area contributed by atoms with E-state index in [1.165, 1.54) is 6.33 Å². The number of fused-ring (bicyclic) bond motifs is 1. The maximum absolute atomic E-state index is 10.8. The topological polar surface area (TPSA) is 83.8 Å². The highest BCUT2D eigenvalue weighted by molar-refractivity contribution is 5.87. The highest BCUT2D eigenvalue weighted by Gasteiger charge is 2.08. The third-order valence-corrected chi connectivity index (χ3v) is 2.98. The zero-order valence-corrected chi connectivity index (χ0v) is 10.1. The van der Waals surface area contributed by atoms with Gasteiger partial charge in [0.15, 0.2) is 0 Å². The van der Waals surface area contributed by atoms with Crippen LogP contribution >= 0.6 is 0 Å². The summed E-state index contributed by atoms with van der Waals surface area (Å²) in [6.07, 6.45) is 4.91. The lowest BCUT2D eigenvalue weighted by Crippen LogP contribution is -2.01. The summed E-state index contributed by atoms with van der Waals surface area (Å²) in [6, 6.07) is 5.93. The van der Waals surface area contributed by atoms with Gasteiger partial charge in [-0.2, -0.15) is 5.10 Å². The first-order chi connectivity index (χ1) is 9.22. The van der Waals surface area contributed by atoms with Gasteiger partial charge in [0.05, 0.1) is 13.0 Å². The lowest BCUT2D eigenvalue weighted by Gasteiger charge is -2.02. The van der Waals surface area contributed by atoms with Crippen molar-refractivity contribution < 1.29 is 9.90 Å². The second kappa shape index (κ2) is 4.56. The van der Waals surface area contributed by atoms with Crippen LogP contribution in [0, 0.1) is 0 Å². The highest BCUT2D eigenvalue weighted by Crippen LogP contribution is 2.20. The predicted molar refractivity (Wildman–Crippen MR) is 68.8 cm³/mol. The Morgan fingerprint density at radius 3 is 3.05 bits per heavy atom. The fourth-order valence-electron chi connectivity index (χ4n) is 2.13. The number of H-pyrrole nitrogens is 1. The molecule has 3 aromatic rings. The summed E-state index contributed by atoms with van der Waals surface area (Å²) < 4.78 is 1.73. The Labute approximate surface area is 108 Å². The third-order valence-electron chi connectivity index (χ3n) is 2.98. The fraction of sp³-hybridized carbons (Fsp3) is 0.154. The van der Waals surface area contributed by atoms with Gasteiger partial charge in [-0.3, -0.25) is 4.79 Å². The Kier molecular flexibility index (Phi) is 2.75. The van der Waals surface area contributed by atoms with E-state index in [0.717, 1.165) is 22.0 Å². The number of hydrogen-bond donors (Lipinski definition) is 2. The van der Waals surface area contributed by atoms with E-state index in [-0.39, 0.29) is 6.42 Å². The molecule has 0 spiro atoms. The van der Waals surface area contributed by atoms with Gasteiger partial charge >= 0.3 is 5.97 Å². The van der Waals surface area contributed by atoms with Gasteiger partial charge in [-0.05, 0) is 23.3 Å². The highest BCUT2D eigenvalue weighted by atomic mass is 16.4. The number of nitrogens with one attached hydrogen (secondary N) is 1. The van der Waals surface area contributed by atoms with Crippen molar-refractivity contribution in [1.82, 2.24) is 19.7 Å². The first-order valence-electron chi connectivity index (χ1n) is 5.85. The van der Waals surface area contributed by atoms with Gasteiger partial charge in [-0.1, -0.05) is 6.07 Å². The quantitative estimate of drug-likeness (QED) is 0.739. The summed E-state index contributed by atoms with van der Waals surface area (Å²) in [4.78, 5) is 17.8. The van der Waals surface area contributed by atoms with Crippen LogP contribution in [0.25, 0.3) is 10.9 Å². The second-order valence-electron chi connectivity index (χ2n) is 4.36. The number of carbonyl (C=O) groups is 1. The minimum absolute atomic E-state index is 0.0206. The van der Waals surface area contributed by atoms with Gasteiger partial charge in [0.1, 0.15) is 12.7 Å². The van der Waals surface area contributed by atoms with Gasteiger partial charge in [-0.15, -0.1) is 0 Å². The molecule has 6 heteroatoms. The molecular weight excluding hydrogens is 244 g/mol. The zero-order chi connectivity index (χ0) is 13.2. The van der Waals surface area contributed by atoms with Crippen LogP contribution in [0.4, 0.5) is 0 Å². The molecule has 19 heavy (non-hydrogen) atoms. The minimum atomic E-state index is -0.831. The number of aromatic amines is 1. The number of carboxylic acids is 1. The van der Waals surface area contributed by atoms with Crippen LogP contribution in [-0.2, 0) is 17.8 Å². The molecule has 0 saturated carbocycles. The summed E-state index contributed by atoms with van der Waals surface area (Å²) in [5.74, 6) is -0.831. The fourth-order valence-corrected chi connectivity index (χ4v) is 2.13. The van der Waals surface area contributed by atoms with Gasteiger partial charge in [0.2, 0.25) is 0 Å². The number of aliphatic carboxylic acids is 1. The van der Waals surface area contributed by atoms with Gasteiger partial charge < -0.3 is 10.1 Å². The number of rotatable bonds is 4. The number of hydrogen-bond acceptors (Lipinski definition) is 3. The molecule has 96 valence electrons. The molecule has 2 heterocycles. The van der Waals surface area contributed by atoms with Crippen molar-refractivity contribution in [2.24, 2.45) is 0 Å². The second-order valence-corrected chi connectivity index (χ2v) is 4.36. The largest absolute Gasteiger partial charge is 0.481 e. The number of nitrogens with zero attached hydrogens (tertiary/aromatic N) is 3. The minimum Gasteiger partial charge on any atom is -0.481 e. The lowest BCUT2D eigenvalue weighted by atomic mass is 10.1. The summed E-state index contributed by atoms with van der Waals surface area (Å²) in [5.41, 5.74) is 2.80. The summed E-state index contributed by atoms with van der Waals surface area (Å²) in [5, 5.41) is 13.9. The van der Waals surface area contributed by atoms with Gasteiger partial charge in [-0.25, -0.2) is 9.67 Å². The molecule has 0 aliphatic rings.